The highest BCUT2D eigenvalue weighted by atomic mass is 16.5. The van der Waals surface area contributed by atoms with Crippen molar-refractivity contribution in [1.82, 2.24) is 0 Å². The third kappa shape index (κ3) is 2.22. The van der Waals surface area contributed by atoms with Gasteiger partial charge in [0.2, 0.25) is 0 Å². The van der Waals surface area contributed by atoms with Crippen LogP contribution in [0.5, 0.6) is 0 Å². The number of hydrogen-bond donors (Lipinski definition) is 1. The minimum atomic E-state index is -0.534. The molecule has 2 bridgehead atoms. The van der Waals surface area contributed by atoms with Crippen LogP contribution < -0.4 is 0 Å². The Morgan fingerprint density at radius 2 is 2.12 bits per heavy atom. The summed E-state index contributed by atoms with van der Waals surface area (Å²) in [4.78, 5) is 12.0. The number of aliphatic hydroxyl groups is 1. The van der Waals surface area contributed by atoms with E-state index < -0.39 is 5.60 Å². The fourth-order valence-corrected chi connectivity index (χ4v) is 3.09. The van der Waals surface area contributed by atoms with E-state index in [1.54, 1.807) is 0 Å². The zero-order valence-corrected chi connectivity index (χ0v) is 11.3. The number of esters is 1. The highest BCUT2D eigenvalue weighted by molar-refractivity contribution is 5.76. The molecule has 2 aliphatic rings. The van der Waals surface area contributed by atoms with Crippen molar-refractivity contribution in [2.24, 2.45) is 17.3 Å². The second-order valence-corrected chi connectivity index (χ2v) is 6.67. The van der Waals surface area contributed by atoms with Gasteiger partial charge in [0.25, 0.3) is 0 Å². The molecule has 0 amide bonds. The molecular weight excluding hydrogens is 216 g/mol. The van der Waals surface area contributed by atoms with E-state index in [0.717, 1.165) is 25.7 Å². The van der Waals surface area contributed by atoms with E-state index >= 15 is 0 Å². The van der Waals surface area contributed by atoms with Crippen molar-refractivity contribution in [2.75, 3.05) is 0 Å². The van der Waals surface area contributed by atoms with E-state index in [4.69, 9.17) is 4.74 Å². The van der Waals surface area contributed by atoms with Crippen molar-refractivity contribution in [2.45, 2.75) is 65.1 Å². The maximum Gasteiger partial charge on any atom is 0.311 e. The van der Waals surface area contributed by atoms with E-state index in [0.29, 0.717) is 11.8 Å². The van der Waals surface area contributed by atoms with E-state index in [-0.39, 0.29) is 17.5 Å². The van der Waals surface area contributed by atoms with Crippen LogP contribution in [0.1, 0.15) is 53.4 Å². The molecule has 3 heteroatoms. The molecule has 1 N–H and O–H groups in total. The van der Waals surface area contributed by atoms with Crippen molar-refractivity contribution in [3.63, 3.8) is 0 Å². The molecule has 17 heavy (non-hydrogen) atoms. The smallest absolute Gasteiger partial charge is 0.311 e. The Balaban J connectivity index is 1.94. The van der Waals surface area contributed by atoms with E-state index in [1.807, 2.05) is 27.7 Å². The molecule has 2 aliphatic carbocycles. The number of carbonyl (C=O) groups is 1. The molecule has 4 unspecified atom stereocenters. The van der Waals surface area contributed by atoms with Crippen LogP contribution in [0.3, 0.4) is 0 Å². The second-order valence-electron chi connectivity index (χ2n) is 6.67. The van der Waals surface area contributed by atoms with Crippen LogP contribution in [0, 0.1) is 17.3 Å². The van der Waals surface area contributed by atoms with Crippen molar-refractivity contribution < 1.29 is 14.6 Å². The average Bonchev–Trinajstić information content (AvgIpc) is 2.73. The largest absolute Gasteiger partial charge is 0.462 e. The van der Waals surface area contributed by atoms with Gasteiger partial charge in [-0.1, -0.05) is 6.92 Å². The van der Waals surface area contributed by atoms with Gasteiger partial charge in [0.1, 0.15) is 6.10 Å². The van der Waals surface area contributed by atoms with Gasteiger partial charge in [-0.3, -0.25) is 4.79 Å². The summed E-state index contributed by atoms with van der Waals surface area (Å²) in [5, 5.41) is 10.1. The van der Waals surface area contributed by atoms with Gasteiger partial charge in [-0.15, -0.1) is 0 Å². The Morgan fingerprint density at radius 3 is 2.53 bits per heavy atom. The fourth-order valence-electron chi connectivity index (χ4n) is 3.09. The van der Waals surface area contributed by atoms with E-state index in [2.05, 4.69) is 0 Å². The summed E-state index contributed by atoms with van der Waals surface area (Å²) in [6.07, 6.45) is 3.46. The lowest BCUT2D eigenvalue weighted by Crippen LogP contribution is -2.39. The summed E-state index contributed by atoms with van der Waals surface area (Å²) in [5.41, 5.74) is -0.918. The Bertz CT molecular complexity index is 319. The monoisotopic (exact) mass is 240 g/mol. The maximum atomic E-state index is 12.0. The number of fused-ring (bicyclic) bond motifs is 2. The first-order valence-corrected chi connectivity index (χ1v) is 6.70. The molecule has 0 saturated heterocycles. The predicted octanol–water partition coefficient (Wildman–Crippen LogP) is 2.52. The van der Waals surface area contributed by atoms with E-state index in [1.165, 1.54) is 0 Å². The van der Waals surface area contributed by atoms with Crippen LogP contribution in [0.25, 0.3) is 0 Å². The van der Waals surface area contributed by atoms with Crippen LogP contribution in [0.2, 0.25) is 0 Å². The van der Waals surface area contributed by atoms with Gasteiger partial charge in [0.05, 0.1) is 11.0 Å². The lowest BCUT2D eigenvalue weighted by molar-refractivity contribution is -0.164. The minimum absolute atomic E-state index is 0.0403. The second kappa shape index (κ2) is 3.98. The first kappa shape index (κ1) is 12.9. The highest BCUT2D eigenvalue weighted by Gasteiger charge is 2.53. The molecule has 4 atom stereocenters. The zero-order valence-electron chi connectivity index (χ0n) is 11.3. The molecule has 98 valence electrons. The summed E-state index contributed by atoms with van der Waals surface area (Å²) in [6, 6.07) is 0. The van der Waals surface area contributed by atoms with Gasteiger partial charge in [-0.05, 0) is 58.3 Å². The number of carbonyl (C=O) groups excluding carboxylic acids is 1. The molecule has 2 saturated carbocycles. The first-order valence-electron chi connectivity index (χ1n) is 6.70. The Kier molecular flexibility index (Phi) is 3.01. The number of rotatable bonds is 3. The molecule has 0 aromatic carbocycles. The van der Waals surface area contributed by atoms with Gasteiger partial charge in [-0.25, -0.2) is 0 Å². The third-order valence-electron chi connectivity index (χ3n) is 4.88. The van der Waals surface area contributed by atoms with E-state index in [9.17, 15) is 9.90 Å². The van der Waals surface area contributed by atoms with Gasteiger partial charge < -0.3 is 9.84 Å². The Morgan fingerprint density at radius 1 is 1.47 bits per heavy atom. The topological polar surface area (TPSA) is 46.5 Å². The summed E-state index contributed by atoms with van der Waals surface area (Å²) in [7, 11) is 0. The standard InChI is InChI=1S/C14H24O3/c1-5-13(2,3)12(15)17-11-7-10-6-9(11)8-14(10,4)16/h9-11,16H,5-8H2,1-4H3. The van der Waals surface area contributed by atoms with Crippen LogP contribution >= 0.6 is 0 Å². The molecule has 0 spiro atoms. The minimum Gasteiger partial charge on any atom is -0.462 e. The zero-order chi connectivity index (χ0) is 12.8. The number of ether oxygens (including phenoxy) is 1. The molecule has 2 rings (SSSR count). The van der Waals surface area contributed by atoms with Crippen molar-refractivity contribution >= 4 is 5.97 Å². The molecule has 0 aliphatic heterocycles. The van der Waals surface area contributed by atoms with Crippen molar-refractivity contribution in [1.29, 1.82) is 0 Å². The van der Waals surface area contributed by atoms with Gasteiger partial charge >= 0.3 is 5.97 Å². The average molecular weight is 240 g/mol. The number of hydrogen-bond acceptors (Lipinski definition) is 3. The molecule has 2 fully saturated rings. The SMILES string of the molecule is CCC(C)(C)C(=O)OC1CC2CC1CC2(C)O. The predicted molar refractivity (Wildman–Crippen MR) is 65.4 cm³/mol. The van der Waals surface area contributed by atoms with Crippen LogP contribution in [0.4, 0.5) is 0 Å². The van der Waals surface area contributed by atoms with Gasteiger partial charge in [-0.2, -0.15) is 0 Å². The fraction of sp³-hybridized carbons (Fsp3) is 0.929. The van der Waals surface area contributed by atoms with Crippen LogP contribution in [-0.4, -0.2) is 22.8 Å². The van der Waals surface area contributed by atoms with Gasteiger partial charge in [0.15, 0.2) is 0 Å². The summed E-state index contributed by atoms with van der Waals surface area (Å²) in [5.74, 6) is 0.596. The molecule has 0 aromatic heterocycles. The van der Waals surface area contributed by atoms with Crippen molar-refractivity contribution in [3.8, 4) is 0 Å². The normalized spacial score (nSPS) is 40.6. The lowest BCUT2D eigenvalue weighted by atomic mass is 9.84. The molecule has 0 radical (unpaired) electrons. The molecule has 3 nitrogen and oxygen atoms in total. The third-order valence-corrected chi connectivity index (χ3v) is 4.88. The summed E-state index contributed by atoms with van der Waals surface area (Å²) in [6.45, 7) is 7.77. The Hall–Kier alpha value is -0.570. The summed E-state index contributed by atoms with van der Waals surface area (Å²) < 4.78 is 5.64. The van der Waals surface area contributed by atoms with Crippen LogP contribution in [0.15, 0.2) is 0 Å². The molecule has 0 heterocycles. The van der Waals surface area contributed by atoms with Crippen molar-refractivity contribution in [3.05, 3.63) is 0 Å². The summed E-state index contributed by atoms with van der Waals surface area (Å²) >= 11 is 0. The lowest BCUT2D eigenvalue weighted by Gasteiger charge is -2.33. The molecular formula is C14H24O3. The maximum absolute atomic E-state index is 12.0. The van der Waals surface area contributed by atoms with Gasteiger partial charge in [0, 0.05) is 0 Å². The van der Waals surface area contributed by atoms with Crippen LogP contribution in [-0.2, 0) is 9.53 Å². The molecule has 0 aromatic rings. The Labute approximate surface area is 104 Å². The first-order chi connectivity index (χ1) is 7.76. The highest BCUT2D eigenvalue weighted by Crippen LogP contribution is 2.52. The quantitative estimate of drug-likeness (QED) is 0.771.